The van der Waals surface area contributed by atoms with Crippen LogP contribution in [0.15, 0.2) is 54.6 Å². The molecule has 0 aliphatic rings. The van der Waals surface area contributed by atoms with E-state index in [0.29, 0.717) is 6.42 Å². The molecule has 42 heavy (non-hydrogen) atoms. The predicted molar refractivity (Wildman–Crippen MR) is 158 cm³/mol. The van der Waals surface area contributed by atoms with Crippen LogP contribution in [0.4, 0.5) is 0 Å². The molecule has 2 aromatic carbocycles. The van der Waals surface area contributed by atoms with Crippen molar-refractivity contribution in [2.45, 2.75) is 70.7 Å². The number of nitrogens with one attached hydrogen (secondary N) is 3. The molecule has 0 heterocycles. The number of hydrogen-bond donors (Lipinski definition) is 6. The maximum atomic E-state index is 13.3. The summed E-state index contributed by atoms with van der Waals surface area (Å²) < 4.78 is 4.85. The van der Waals surface area contributed by atoms with E-state index in [-0.39, 0.29) is 37.5 Å². The first-order chi connectivity index (χ1) is 19.9. The second kappa shape index (κ2) is 17.1. The van der Waals surface area contributed by atoms with Gasteiger partial charge in [-0.15, -0.1) is 0 Å². The number of aromatic hydroxyl groups is 1. The third-order valence-corrected chi connectivity index (χ3v) is 6.74. The molecule has 0 unspecified atom stereocenters. The van der Waals surface area contributed by atoms with Gasteiger partial charge in [0.15, 0.2) is 0 Å². The molecule has 0 radical (unpaired) electrons. The molecule has 0 fully saturated rings. The van der Waals surface area contributed by atoms with Crippen molar-refractivity contribution >= 4 is 23.7 Å². The maximum Gasteiger partial charge on any atom is 0.328 e. The van der Waals surface area contributed by atoms with Crippen LogP contribution in [-0.4, -0.2) is 71.8 Å². The summed E-state index contributed by atoms with van der Waals surface area (Å²) in [5.74, 6) is -2.48. The number of ether oxygens (including phenoxy) is 1. The van der Waals surface area contributed by atoms with Crippen molar-refractivity contribution in [1.82, 2.24) is 16.0 Å². The van der Waals surface area contributed by atoms with Gasteiger partial charge < -0.3 is 36.6 Å². The first kappa shape index (κ1) is 34.2. The minimum absolute atomic E-state index is 0.0249. The SMILES string of the molecule is COC(=O)[C@H](CC(C)C)NC(=O)[C@H](Cc1ccccc1)NC(=O)[C@H](C)C[C@@H](O)CNC(=O)[C@@H](N)Cc1ccc(O)cc1. The van der Waals surface area contributed by atoms with Gasteiger partial charge in [-0.05, 0) is 48.4 Å². The van der Waals surface area contributed by atoms with Gasteiger partial charge in [-0.2, -0.15) is 0 Å². The van der Waals surface area contributed by atoms with Crippen molar-refractivity contribution in [3.05, 3.63) is 65.7 Å². The molecule has 11 heteroatoms. The van der Waals surface area contributed by atoms with Gasteiger partial charge in [-0.3, -0.25) is 14.4 Å². The molecule has 0 spiro atoms. The summed E-state index contributed by atoms with van der Waals surface area (Å²) in [5, 5.41) is 28.0. The molecule has 0 aliphatic carbocycles. The molecular weight excluding hydrogens is 540 g/mol. The first-order valence-electron chi connectivity index (χ1n) is 14.1. The zero-order chi connectivity index (χ0) is 31.2. The van der Waals surface area contributed by atoms with E-state index < -0.39 is 53.8 Å². The zero-order valence-electron chi connectivity index (χ0n) is 24.7. The van der Waals surface area contributed by atoms with Crippen LogP contribution in [0.5, 0.6) is 5.75 Å². The number of carbonyl (C=O) groups is 4. The Bertz CT molecular complexity index is 1160. The fourth-order valence-electron chi connectivity index (χ4n) is 4.40. The van der Waals surface area contributed by atoms with E-state index in [1.54, 1.807) is 19.1 Å². The lowest BCUT2D eigenvalue weighted by Gasteiger charge is -2.25. The minimum atomic E-state index is -1.04. The molecule has 0 saturated carbocycles. The number of rotatable bonds is 16. The van der Waals surface area contributed by atoms with Crippen LogP contribution in [-0.2, 0) is 36.8 Å². The van der Waals surface area contributed by atoms with Gasteiger partial charge in [-0.1, -0.05) is 63.2 Å². The summed E-state index contributed by atoms with van der Waals surface area (Å²) in [6.45, 7) is 5.35. The molecule has 230 valence electrons. The fourth-order valence-corrected chi connectivity index (χ4v) is 4.40. The number of esters is 1. The van der Waals surface area contributed by atoms with Crippen molar-refractivity contribution in [2.24, 2.45) is 17.6 Å². The number of amides is 3. The minimum Gasteiger partial charge on any atom is -0.508 e. The third kappa shape index (κ3) is 11.9. The zero-order valence-corrected chi connectivity index (χ0v) is 24.7. The Morgan fingerprint density at radius 2 is 1.40 bits per heavy atom. The number of methoxy groups -OCH3 is 1. The van der Waals surface area contributed by atoms with Crippen LogP contribution in [0, 0.1) is 11.8 Å². The molecule has 3 amide bonds. The summed E-state index contributed by atoms with van der Waals surface area (Å²) in [6, 6.07) is 12.8. The highest BCUT2D eigenvalue weighted by atomic mass is 16.5. The summed E-state index contributed by atoms with van der Waals surface area (Å²) in [4.78, 5) is 51.0. The van der Waals surface area contributed by atoms with Crippen LogP contribution in [0.2, 0.25) is 0 Å². The predicted octanol–water partition coefficient (Wildman–Crippen LogP) is 1.20. The van der Waals surface area contributed by atoms with Gasteiger partial charge in [-0.25, -0.2) is 4.79 Å². The van der Waals surface area contributed by atoms with Gasteiger partial charge in [0.1, 0.15) is 17.8 Å². The third-order valence-electron chi connectivity index (χ3n) is 6.74. The molecule has 2 aromatic rings. The quantitative estimate of drug-likeness (QED) is 0.159. The van der Waals surface area contributed by atoms with E-state index >= 15 is 0 Å². The second-order valence-electron chi connectivity index (χ2n) is 11.0. The van der Waals surface area contributed by atoms with Crippen LogP contribution < -0.4 is 21.7 Å². The molecule has 0 saturated heterocycles. The van der Waals surface area contributed by atoms with E-state index in [9.17, 15) is 29.4 Å². The summed E-state index contributed by atoms with van der Waals surface area (Å²) in [7, 11) is 1.25. The van der Waals surface area contributed by atoms with Crippen molar-refractivity contribution in [2.75, 3.05) is 13.7 Å². The molecule has 0 aliphatic heterocycles. The smallest absolute Gasteiger partial charge is 0.328 e. The summed E-state index contributed by atoms with van der Waals surface area (Å²) >= 11 is 0. The average molecular weight is 585 g/mol. The Morgan fingerprint density at radius 3 is 2.00 bits per heavy atom. The van der Waals surface area contributed by atoms with Crippen LogP contribution in [0.3, 0.4) is 0 Å². The Labute approximate surface area is 247 Å². The lowest BCUT2D eigenvalue weighted by Crippen LogP contribution is -2.54. The average Bonchev–Trinajstić information content (AvgIpc) is 2.96. The molecule has 2 rings (SSSR count). The second-order valence-corrected chi connectivity index (χ2v) is 11.0. The Kier molecular flexibility index (Phi) is 13.9. The maximum absolute atomic E-state index is 13.3. The molecule has 7 N–H and O–H groups in total. The highest BCUT2D eigenvalue weighted by molar-refractivity contribution is 5.91. The number of hydrogen-bond acceptors (Lipinski definition) is 8. The number of phenolic OH excluding ortho intramolecular Hbond substituents is 1. The van der Waals surface area contributed by atoms with Gasteiger partial charge in [0, 0.05) is 18.9 Å². The number of nitrogens with two attached hydrogens (primary N) is 1. The summed E-state index contributed by atoms with van der Waals surface area (Å²) in [5.41, 5.74) is 7.56. The fraction of sp³-hybridized carbons (Fsp3) is 0.484. The monoisotopic (exact) mass is 584 g/mol. The standard InChI is InChI=1S/C31H44N4O7/c1-19(2)14-27(31(41)42-4)35-30(40)26(17-21-8-6-5-7-9-21)34-28(38)20(3)15-24(37)18-33-29(39)25(32)16-22-10-12-23(36)13-11-22/h5-13,19-20,24-27,36-37H,14-18,32H2,1-4H3,(H,33,39)(H,34,38)(H,35,40)/t20-,24-,25+,26+,27+/m1/s1. The number of aliphatic hydroxyl groups excluding tert-OH is 1. The Hall–Kier alpha value is -3.96. The van der Waals surface area contributed by atoms with E-state index in [0.717, 1.165) is 11.1 Å². The molecule has 5 atom stereocenters. The van der Waals surface area contributed by atoms with Crippen molar-refractivity contribution in [3.63, 3.8) is 0 Å². The van der Waals surface area contributed by atoms with Crippen molar-refractivity contribution < 1.29 is 34.1 Å². The lowest BCUT2D eigenvalue weighted by molar-refractivity contribution is -0.145. The summed E-state index contributed by atoms with van der Waals surface area (Å²) in [6.07, 6.45) is -0.196. The van der Waals surface area contributed by atoms with Gasteiger partial charge >= 0.3 is 5.97 Å². The number of benzene rings is 2. The van der Waals surface area contributed by atoms with E-state index in [1.807, 2.05) is 44.2 Å². The molecule has 0 bridgehead atoms. The first-order valence-corrected chi connectivity index (χ1v) is 14.1. The molecular formula is C31H44N4O7. The molecule has 11 nitrogen and oxygen atoms in total. The number of carbonyl (C=O) groups excluding carboxylic acids is 4. The largest absolute Gasteiger partial charge is 0.508 e. The molecule has 0 aromatic heterocycles. The van der Waals surface area contributed by atoms with Crippen LogP contribution >= 0.6 is 0 Å². The van der Waals surface area contributed by atoms with Gasteiger partial charge in [0.05, 0.1) is 19.3 Å². The van der Waals surface area contributed by atoms with E-state index in [2.05, 4.69) is 16.0 Å². The van der Waals surface area contributed by atoms with Crippen molar-refractivity contribution in [3.8, 4) is 5.75 Å². The highest BCUT2D eigenvalue weighted by Gasteiger charge is 2.29. The van der Waals surface area contributed by atoms with E-state index in [1.165, 1.54) is 19.2 Å². The van der Waals surface area contributed by atoms with Crippen molar-refractivity contribution in [1.29, 1.82) is 0 Å². The van der Waals surface area contributed by atoms with Crippen LogP contribution in [0.1, 0.15) is 44.7 Å². The number of phenols is 1. The van der Waals surface area contributed by atoms with Crippen LogP contribution in [0.25, 0.3) is 0 Å². The van der Waals surface area contributed by atoms with Gasteiger partial charge in [0.25, 0.3) is 0 Å². The normalized spacial score (nSPS) is 14.6. The topological polar surface area (TPSA) is 180 Å². The lowest BCUT2D eigenvalue weighted by atomic mass is 9.99. The van der Waals surface area contributed by atoms with Gasteiger partial charge in [0.2, 0.25) is 17.7 Å². The Morgan fingerprint density at radius 1 is 0.810 bits per heavy atom. The Balaban J connectivity index is 1.97. The number of aliphatic hydroxyl groups is 1. The van der Waals surface area contributed by atoms with E-state index in [4.69, 9.17) is 10.5 Å². The highest BCUT2D eigenvalue weighted by Crippen LogP contribution is 2.13.